The van der Waals surface area contributed by atoms with E-state index in [9.17, 15) is 8.42 Å². The van der Waals surface area contributed by atoms with Crippen molar-refractivity contribution in [3.8, 4) is 5.75 Å². The van der Waals surface area contributed by atoms with Crippen molar-refractivity contribution >= 4 is 26.7 Å². The number of methoxy groups -OCH3 is 1. The van der Waals surface area contributed by atoms with Gasteiger partial charge in [-0.15, -0.1) is 0 Å². The lowest BCUT2D eigenvalue weighted by Gasteiger charge is -2.21. The molecule has 25 heavy (non-hydrogen) atoms. The van der Waals surface area contributed by atoms with Crippen LogP contribution in [0.5, 0.6) is 5.75 Å². The molecule has 1 aliphatic rings. The Balaban J connectivity index is 1.92. The second-order valence-electron chi connectivity index (χ2n) is 7.01. The van der Waals surface area contributed by atoms with Crippen LogP contribution in [0.3, 0.4) is 0 Å². The van der Waals surface area contributed by atoms with Gasteiger partial charge in [0.05, 0.1) is 13.4 Å². The lowest BCUT2D eigenvalue weighted by atomic mass is 9.92. The Bertz CT molecular complexity index is 867. The molecule has 1 aromatic carbocycles. The summed E-state index contributed by atoms with van der Waals surface area (Å²) in [5.41, 5.74) is 0.822. The first-order valence-electron chi connectivity index (χ1n) is 8.44. The van der Waals surface area contributed by atoms with Gasteiger partial charge in [-0.1, -0.05) is 26.0 Å². The Morgan fingerprint density at radius 1 is 1.24 bits per heavy atom. The molecule has 0 amide bonds. The maximum absolute atomic E-state index is 11.7. The molecule has 0 spiro atoms. The lowest BCUT2D eigenvalue weighted by Crippen LogP contribution is -2.41. The first-order chi connectivity index (χ1) is 11.8. The van der Waals surface area contributed by atoms with Gasteiger partial charge < -0.3 is 9.64 Å². The Labute approximate surface area is 149 Å². The fourth-order valence-electron chi connectivity index (χ4n) is 3.54. The van der Waals surface area contributed by atoms with Crippen molar-refractivity contribution < 1.29 is 13.2 Å². The van der Waals surface area contributed by atoms with Crippen molar-refractivity contribution in [3.05, 3.63) is 30.3 Å². The summed E-state index contributed by atoms with van der Waals surface area (Å²) in [4.78, 5) is 6.93. The number of nitrogens with zero attached hydrogens (tertiary/aromatic N) is 2. The van der Waals surface area contributed by atoms with Gasteiger partial charge in [0, 0.05) is 24.5 Å². The Morgan fingerprint density at radius 3 is 2.64 bits per heavy atom. The SMILES string of the molecule is COc1cccc2ccc(N3C[C@@H](NS(C)(=O)=O)[C@H](C(C)C)C3)nc12. The molecule has 7 heteroatoms. The van der Waals surface area contributed by atoms with Crippen molar-refractivity contribution in [3.63, 3.8) is 0 Å². The van der Waals surface area contributed by atoms with Crippen LogP contribution in [0.2, 0.25) is 0 Å². The number of rotatable bonds is 5. The molecule has 1 saturated heterocycles. The molecule has 0 aliphatic carbocycles. The summed E-state index contributed by atoms with van der Waals surface area (Å²) in [5, 5.41) is 1.02. The molecule has 2 atom stereocenters. The number of pyridine rings is 1. The number of para-hydroxylation sites is 1. The summed E-state index contributed by atoms with van der Waals surface area (Å²) in [7, 11) is -1.60. The standard InChI is InChI=1S/C18H25N3O3S/c1-12(2)14-10-21(11-15(14)20-25(4,22)23)17-9-8-13-6-5-7-16(24-3)18(13)19-17/h5-9,12,14-15,20H,10-11H2,1-4H3/t14-,15+/m0/s1. The van der Waals surface area contributed by atoms with E-state index in [0.717, 1.165) is 29.0 Å². The third-order valence-corrected chi connectivity index (χ3v) is 5.53. The summed E-state index contributed by atoms with van der Waals surface area (Å²) >= 11 is 0. The molecule has 1 aromatic heterocycles. The molecule has 1 N–H and O–H groups in total. The molecule has 2 heterocycles. The number of ether oxygens (including phenoxy) is 1. The first kappa shape index (κ1) is 17.9. The van der Waals surface area contributed by atoms with Crippen molar-refractivity contribution in [1.82, 2.24) is 9.71 Å². The Kier molecular flexibility index (Phi) is 4.88. The van der Waals surface area contributed by atoms with Gasteiger partial charge in [0.1, 0.15) is 17.1 Å². The number of anilines is 1. The maximum Gasteiger partial charge on any atom is 0.209 e. The Morgan fingerprint density at radius 2 is 2.00 bits per heavy atom. The topological polar surface area (TPSA) is 71.5 Å². The molecule has 3 rings (SSSR count). The van der Waals surface area contributed by atoms with E-state index in [1.807, 2.05) is 30.3 Å². The smallest absolute Gasteiger partial charge is 0.209 e. The summed E-state index contributed by atoms with van der Waals surface area (Å²) < 4.78 is 31.6. The van der Waals surface area contributed by atoms with E-state index < -0.39 is 10.0 Å². The zero-order valence-corrected chi connectivity index (χ0v) is 15.9. The van der Waals surface area contributed by atoms with Gasteiger partial charge in [-0.3, -0.25) is 0 Å². The fraction of sp³-hybridized carbons (Fsp3) is 0.500. The summed E-state index contributed by atoms with van der Waals surface area (Å²) in [6.07, 6.45) is 1.21. The van der Waals surface area contributed by atoms with Crippen LogP contribution in [0.4, 0.5) is 5.82 Å². The molecule has 0 saturated carbocycles. The van der Waals surface area contributed by atoms with E-state index in [1.54, 1.807) is 7.11 Å². The molecular weight excluding hydrogens is 338 g/mol. The van der Waals surface area contributed by atoms with Crippen LogP contribution in [-0.4, -0.2) is 45.9 Å². The highest BCUT2D eigenvalue weighted by molar-refractivity contribution is 7.88. The van der Waals surface area contributed by atoms with Crippen LogP contribution in [0, 0.1) is 11.8 Å². The Hall–Kier alpha value is -1.86. The monoisotopic (exact) mass is 363 g/mol. The van der Waals surface area contributed by atoms with Crippen molar-refractivity contribution in [2.75, 3.05) is 31.4 Å². The molecule has 0 unspecified atom stereocenters. The van der Waals surface area contributed by atoms with Gasteiger partial charge in [-0.2, -0.15) is 0 Å². The zero-order chi connectivity index (χ0) is 18.2. The molecule has 1 aliphatic heterocycles. The fourth-order valence-corrected chi connectivity index (χ4v) is 4.34. The third-order valence-electron chi connectivity index (χ3n) is 4.80. The second kappa shape index (κ2) is 6.80. The average molecular weight is 363 g/mol. The molecule has 1 fully saturated rings. The van der Waals surface area contributed by atoms with E-state index in [0.29, 0.717) is 12.5 Å². The molecule has 2 aromatic rings. The molecule has 136 valence electrons. The largest absolute Gasteiger partial charge is 0.494 e. The predicted molar refractivity (Wildman–Crippen MR) is 101 cm³/mol. The average Bonchev–Trinajstić information content (AvgIpc) is 2.95. The van der Waals surface area contributed by atoms with Gasteiger partial charge in [-0.05, 0) is 30.0 Å². The number of benzene rings is 1. The zero-order valence-electron chi connectivity index (χ0n) is 15.1. The van der Waals surface area contributed by atoms with Crippen LogP contribution in [0.25, 0.3) is 10.9 Å². The van der Waals surface area contributed by atoms with Crippen molar-refractivity contribution in [2.24, 2.45) is 11.8 Å². The van der Waals surface area contributed by atoms with Crippen LogP contribution in [-0.2, 0) is 10.0 Å². The molecule has 0 bridgehead atoms. The summed E-state index contributed by atoms with van der Waals surface area (Å²) in [6, 6.07) is 9.76. The normalized spacial score (nSPS) is 21.2. The molecule has 6 nitrogen and oxygen atoms in total. The van der Waals surface area contributed by atoms with Gasteiger partial charge in [0.15, 0.2) is 0 Å². The number of sulfonamides is 1. The van der Waals surface area contributed by atoms with Crippen LogP contribution >= 0.6 is 0 Å². The summed E-state index contributed by atoms with van der Waals surface area (Å²) in [5.74, 6) is 2.20. The highest BCUT2D eigenvalue weighted by atomic mass is 32.2. The first-order valence-corrected chi connectivity index (χ1v) is 10.3. The van der Waals surface area contributed by atoms with E-state index in [1.165, 1.54) is 6.26 Å². The van der Waals surface area contributed by atoms with Crippen molar-refractivity contribution in [1.29, 1.82) is 0 Å². The van der Waals surface area contributed by atoms with Gasteiger partial charge in [0.25, 0.3) is 0 Å². The highest BCUT2D eigenvalue weighted by Gasteiger charge is 2.36. The number of fused-ring (bicyclic) bond motifs is 1. The van der Waals surface area contributed by atoms with Crippen LogP contribution < -0.4 is 14.4 Å². The van der Waals surface area contributed by atoms with Crippen LogP contribution in [0.15, 0.2) is 30.3 Å². The minimum atomic E-state index is -3.24. The van der Waals surface area contributed by atoms with E-state index >= 15 is 0 Å². The van der Waals surface area contributed by atoms with Gasteiger partial charge >= 0.3 is 0 Å². The third kappa shape index (κ3) is 3.88. The second-order valence-corrected chi connectivity index (χ2v) is 8.79. The maximum atomic E-state index is 11.7. The number of hydrogen-bond acceptors (Lipinski definition) is 5. The van der Waals surface area contributed by atoms with Crippen molar-refractivity contribution in [2.45, 2.75) is 19.9 Å². The highest BCUT2D eigenvalue weighted by Crippen LogP contribution is 2.31. The number of aromatic nitrogens is 1. The van der Waals surface area contributed by atoms with E-state index in [4.69, 9.17) is 9.72 Å². The lowest BCUT2D eigenvalue weighted by molar-refractivity contribution is 0.365. The minimum absolute atomic E-state index is 0.106. The molecule has 0 radical (unpaired) electrons. The van der Waals surface area contributed by atoms with E-state index in [-0.39, 0.29) is 12.0 Å². The number of nitrogens with one attached hydrogen (secondary N) is 1. The van der Waals surface area contributed by atoms with E-state index in [2.05, 4.69) is 23.5 Å². The van der Waals surface area contributed by atoms with Crippen LogP contribution in [0.1, 0.15) is 13.8 Å². The number of hydrogen-bond donors (Lipinski definition) is 1. The summed E-state index contributed by atoms with van der Waals surface area (Å²) in [6.45, 7) is 5.64. The van der Waals surface area contributed by atoms with Gasteiger partial charge in [-0.25, -0.2) is 18.1 Å². The van der Waals surface area contributed by atoms with Gasteiger partial charge in [0.2, 0.25) is 10.0 Å². The quantitative estimate of drug-likeness (QED) is 0.882. The predicted octanol–water partition coefficient (Wildman–Crippen LogP) is 2.25. The molecular formula is C18H25N3O3S. The minimum Gasteiger partial charge on any atom is -0.494 e.